The van der Waals surface area contributed by atoms with E-state index in [2.05, 4.69) is 37.4 Å². The first-order valence-corrected chi connectivity index (χ1v) is 17.5. The molecule has 2 unspecified atom stereocenters. The Labute approximate surface area is 249 Å². The number of aliphatic hydroxyl groups is 1. The molecule has 2 aromatic heterocycles. The molecule has 3 aliphatic rings. The number of carbonyl (C=O) groups excluding carboxylic acids is 2. The van der Waals surface area contributed by atoms with Crippen molar-refractivity contribution in [3.63, 3.8) is 0 Å². The first kappa shape index (κ1) is 30.4. The minimum Gasteiger partial charge on any atom is -0.481 e. The van der Waals surface area contributed by atoms with E-state index in [1.807, 2.05) is 0 Å². The van der Waals surface area contributed by atoms with Crippen molar-refractivity contribution in [3.05, 3.63) is 29.3 Å². The van der Waals surface area contributed by atoms with Gasteiger partial charge in [-0.2, -0.15) is 18.3 Å². The summed E-state index contributed by atoms with van der Waals surface area (Å²) in [4.78, 5) is 32.5. The average Bonchev–Trinajstić information content (AvgIpc) is 3.55. The molecule has 2 amide bonds. The third kappa shape index (κ3) is 5.67. The lowest BCUT2D eigenvalue weighted by molar-refractivity contribution is -0.270. The normalized spacial score (nSPS) is 26.0. The molecular formula is C26H31F4IN5O4P. The molecule has 15 heteroatoms. The molecule has 2 aliphatic carbocycles. The van der Waals surface area contributed by atoms with Crippen LogP contribution in [0.15, 0.2) is 12.3 Å². The van der Waals surface area contributed by atoms with Crippen LogP contribution in [0, 0.1) is 18.7 Å². The fourth-order valence-corrected chi connectivity index (χ4v) is 7.66. The molecule has 3 fully saturated rings. The average molecular weight is 711 g/mol. The zero-order valence-corrected chi connectivity index (χ0v) is 25.7. The van der Waals surface area contributed by atoms with E-state index < -0.39 is 42.0 Å². The van der Waals surface area contributed by atoms with Gasteiger partial charge in [0.15, 0.2) is 17.1 Å². The van der Waals surface area contributed by atoms with Gasteiger partial charge >= 0.3 is 6.18 Å². The molecule has 41 heavy (non-hydrogen) atoms. The molecule has 9 nitrogen and oxygen atoms in total. The molecule has 1 spiro atoms. The predicted octanol–water partition coefficient (Wildman–Crippen LogP) is 4.93. The summed E-state index contributed by atoms with van der Waals surface area (Å²) in [5.74, 6) is -1.14. The second-order valence-electron chi connectivity index (χ2n) is 11.2. The van der Waals surface area contributed by atoms with Crippen molar-refractivity contribution < 1.29 is 37.0 Å². The van der Waals surface area contributed by atoms with Crippen LogP contribution in [-0.4, -0.2) is 73.4 Å². The third-order valence-electron chi connectivity index (χ3n) is 8.72. The summed E-state index contributed by atoms with van der Waals surface area (Å²) >= 11 is 2.12. The van der Waals surface area contributed by atoms with E-state index in [-0.39, 0.29) is 54.1 Å². The lowest BCUT2D eigenvalue weighted by atomic mass is 9.81. The van der Waals surface area contributed by atoms with Crippen molar-refractivity contribution in [1.82, 2.24) is 24.8 Å². The maximum absolute atomic E-state index is 14.9. The summed E-state index contributed by atoms with van der Waals surface area (Å²) in [5.41, 5.74) is -1.78. The van der Waals surface area contributed by atoms with Gasteiger partial charge in [0.1, 0.15) is 0 Å². The molecule has 5 rings (SSSR count). The number of nitrogens with one attached hydrogen (secondary N) is 1. The largest absolute Gasteiger partial charge is 0.481 e. The van der Waals surface area contributed by atoms with E-state index in [4.69, 9.17) is 4.74 Å². The van der Waals surface area contributed by atoms with Gasteiger partial charge in [-0.1, -0.05) is 0 Å². The Morgan fingerprint density at radius 3 is 2.49 bits per heavy atom. The number of pyridine rings is 1. The Morgan fingerprint density at radius 1 is 1.22 bits per heavy atom. The van der Waals surface area contributed by atoms with Crippen LogP contribution in [0.4, 0.5) is 17.6 Å². The Balaban J connectivity index is 1.27. The highest BCUT2D eigenvalue weighted by Crippen LogP contribution is 2.51. The maximum atomic E-state index is 14.9. The van der Waals surface area contributed by atoms with E-state index in [9.17, 15) is 32.3 Å². The molecular weight excluding hydrogens is 680 g/mol. The van der Waals surface area contributed by atoms with Gasteiger partial charge in [0, 0.05) is 35.2 Å². The number of piperidine rings is 1. The molecule has 1 aliphatic heterocycles. The minimum atomic E-state index is -4.69. The van der Waals surface area contributed by atoms with Gasteiger partial charge in [0.05, 0.1) is 25.4 Å². The lowest BCUT2D eigenvalue weighted by Gasteiger charge is -2.41. The van der Waals surface area contributed by atoms with Gasteiger partial charge in [-0.05, 0) is 86.4 Å². The van der Waals surface area contributed by atoms with Crippen molar-refractivity contribution in [3.8, 4) is 17.1 Å². The molecule has 0 bridgehead atoms. The number of likely N-dealkylation sites (tertiary alicyclic amines) is 1. The van der Waals surface area contributed by atoms with Crippen LogP contribution in [0.5, 0.6) is 5.88 Å². The zero-order chi connectivity index (χ0) is 29.7. The molecule has 0 radical (unpaired) electrons. The molecule has 3 heterocycles. The second kappa shape index (κ2) is 11.2. The van der Waals surface area contributed by atoms with Crippen molar-refractivity contribution in [1.29, 1.82) is 0 Å². The van der Waals surface area contributed by atoms with Gasteiger partial charge in [-0.3, -0.25) is 9.59 Å². The van der Waals surface area contributed by atoms with Crippen molar-refractivity contribution >= 4 is 40.2 Å². The van der Waals surface area contributed by atoms with Crippen LogP contribution in [0.3, 0.4) is 0 Å². The Bertz CT molecular complexity index is 1340. The van der Waals surface area contributed by atoms with Crippen LogP contribution in [0.25, 0.3) is 11.3 Å². The molecule has 2 saturated carbocycles. The number of nitrogens with zero attached hydrogens (tertiary/aromatic N) is 4. The van der Waals surface area contributed by atoms with E-state index in [0.29, 0.717) is 30.6 Å². The Hall–Kier alpha value is -2.06. The molecule has 2 N–H and O–H groups in total. The highest BCUT2D eigenvalue weighted by molar-refractivity contribution is 14.2. The summed E-state index contributed by atoms with van der Waals surface area (Å²) in [5, 5.41) is 17.3. The fourth-order valence-electron chi connectivity index (χ4n) is 6.14. The number of aromatic nitrogens is 3. The van der Waals surface area contributed by atoms with Crippen LogP contribution < -0.4 is 10.1 Å². The third-order valence-corrected chi connectivity index (χ3v) is 10.6. The summed E-state index contributed by atoms with van der Waals surface area (Å²) in [6.45, 7) is 2.03. The number of halogens is 5. The van der Waals surface area contributed by atoms with Gasteiger partial charge in [0.2, 0.25) is 11.8 Å². The first-order chi connectivity index (χ1) is 19.3. The summed E-state index contributed by atoms with van der Waals surface area (Å²) in [6.07, 6.45) is -1.95. The van der Waals surface area contributed by atoms with Crippen LogP contribution in [0.1, 0.15) is 67.4 Å². The maximum Gasteiger partial charge on any atom is 0.417 e. The number of hydrogen-bond acceptors (Lipinski definition) is 6. The molecule has 0 aromatic carbocycles. The van der Waals surface area contributed by atoms with Gasteiger partial charge < -0.3 is 20.1 Å². The van der Waals surface area contributed by atoms with Crippen molar-refractivity contribution in [2.45, 2.75) is 81.6 Å². The molecule has 2 atom stereocenters. The fraction of sp³-hybridized carbons (Fsp3) is 0.615. The summed E-state index contributed by atoms with van der Waals surface area (Å²) in [6, 6.07) is 1.16. The molecule has 224 valence electrons. The molecule has 2 aromatic rings. The number of rotatable bonds is 6. The van der Waals surface area contributed by atoms with Crippen LogP contribution in [0.2, 0.25) is 0 Å². The minimum absolute atomic E-state index is 0.0517. The Kier molecular flexibility index (Phi) is 8.32. The standard InChI is InChI=1S/C26H31F4IN5O4P/c1-14-20(17(27)13-32-22(14)40-2)19-11-18(34-36(19)41-31)23(38)35-10-5-15(12-24(35)8-9-24)21(37)33-16-3-6-25(39,7-4-16)26(28,29)30/h11,13,15-16,39,41H,3-10,12H2,1-2H3,(H,33,37). The highest BCUT2D eigenvalue weighted by Gasteiger charge is 2.56. The van der Waals surface area contributed by atoms with Crippen molar-refractivity contribution in [2.24, 2.45) is 5.92 Å². The lowest BCUT2D eigenvalue weighted by Crippen LogP contribution is -2.54. The zero-order valence-electron chi connectivity index (χ0n) is 22.5. The first-order valence-electron chi connectivity index (χ1n) is 13.4. The summed E-state index contributed by atoms with van der Waals surface area (Å²) < 4.78 is 61.1. The number of methoxy groups -OCH3 is 1. The quantitative estimate of drug-likeness (QED) is 0.250. The number of alkyl halides is 3. The predicted molar refractivity (Wildman–Crippen MR) is 152 cm³/mol. The van der Waals surface area contributed by atoms with E-state index >= 15 is 0 Å². The number of amides is 2. The highest BCUT2D eigenvalue weighted by atomic mass is 127. The molecule has 1 saturated heterocycles. The van der Waals surface area contributed by atoms with E-state index in [1.54, 1.807) is 22.3 Å². The van der Waals surface area contributed by atoms with Gasteiger partial charge in [-0.15, -0.1) is 0 Å². The van der Waals surface area contributed by atoms with Gasteiger partial charge in [-0.25, -0.2) is 13.8 Å². The number of hydrogen-bond donors (Lipinski definition) is 2. The Morgan fingerprint density at radius 2 is 1.90 bits per heavy atom. The second-order valence-corrected chi connectivity index (χ2v) is 13.2. The number of carbonyl (C=O) groups is 2. The topological polar surface area (TPSA) is 110 Å². The van der Waals surface area contributed by atoms with E-state index in [1.165, 1.54) is 7.11 Å². The van der Waals surface area contributed by atoms with Crippen LogP contribution in [-0.2, 0) is 4.79 Å². The monoisotopic (exact) mass is 711 g/mol. The smallest absolute Gasteiger partial charge is 0.417 e. The van der Waals surface area contributed by atoms with Gasteiger partial charge in [0.25, 0.3) is 5.91 Å². The van der Waals surface area contributed by atoms with E-state index in [0.717, 1.165) is 19.0 Å². The summed E-state index contributed by atoms with van der Waals surface area (Å²) in [7, 11) is 1.45. The van der Waals surface area contributed by atoms with Crippen molar-refractivity contribution in [2.75, 3.05) is 13.7 Å². The SMILES string of the molecule is COc1ncc(F)c(-c2cc(C(=O)N3CCC(C(=O)NC4CCC(O)(C(F)(F)F)CC4)CC34CC4)nn2PI)c1C. The number of ether oxygens (including phenoxy) is 1. The van der Waals surface area contributed by atoms with Crippen LogP contribution >= 0.6 is 28.4 Å².